The summed E-state index contributed by atoms with van der Waals surface area (Å²) < 4.78 is 32.1. The van der Waals surface area contributed by atoms with Gasteiger partial charge >= 0.3 is 6.09 Å². The van der Waals surface area contributed by atoms with Gasteiger partial charge in [0, 0.05) is 11.4 Å². The van der Waals surface area contributed by atoms with Crippen molar-refractivity contribution in [1.29, 1.82) is 0 Å². The zero-order valence-electron chi connectivity index (χ0n) is 13.6. The van der Waals surface area contributed by atoms with E-state index >= 15 is 0 Å². The Morgan fingerprint density at radius 3 is 1.88 bits per heavy atom. The molecule has 1 amide bonds. The van der Waals surface area contributed by atoms with Crippen LogP contribution in [0.25, 0.3) is 0 Å². The minimum absolute atomic E-state index is 0.175. The minimum atomic E-state index is -3.65. The second kappa shape index (κ2) is 7.71. The number of amides is 1. The third-order valence-corrected chi connectivity index (χ3v) is 4.79. The number of carbonyl (C=O) groups excluding carboxylic acids is 1. The van der Waals surface area contributed by atoms with Crippen molar-refractivity contribution in [2.75, 3.05) is 10.0 Å². The minimum Gasteiger partial charge on any atom is -0.410 e. The van der Waals surface area contributed by atoms with E-state index in [1.165, 1.54) is 12.1 Å². The fourth-order valence-corrected chi connectivity index (χ4v) is 3.25. The topological polar surface area (TPSA) is 84.5 Å². The molecule has 0 radical (unpaired) electrons. The van der Waals surface area contributed by atoms with Crippen LogP contribution in [0.2, 0.25) is 0 Å². The fraction of sp³-hybridized carbons (Fsp3) is 0. The molecule has 6 nitrogen and oxygen atoms in total. The van der Waals surface area contributed by atoms with Gasteiger partial charge in [0.25, 0.3) is 10.0 Å². The van der Waals surface area contributed by atoms with Crippen molar-refractivity contribution >= 4 is 27.5 Å². The summed E-state index contributed by atoms with van der Waals surface area (Å²) in [6.07, 6.45) is -0.631. The molecular weight excluding hydrogens is 352 g/mol. The van der Waals surface area contributed by atoms with Crippen molar-refractivity contribution < 1.29 is 17.9 Å². The van der Waals surface area contributed by atoms with Crippen molar-refractivity contribution in [3.8, 4) is 5.75 Å². The lowest BCUT2D eigenvalue weighted by molar-refractivity contribution is 0.215. The van der Waals surface area contributed by atoms with Crippen LogP contribution in [-0.4, -0.2) is 14.5 Å². The average Bonchev–Trinajstić information content (AvgIpc) is 2.65. The predicted molar refractivity (Wildman–Crippen MR) is 99.8 cm³/mol. The van der Waals surface area contributed by atoms with Crippen LogP contribution in [0.4, 0.5) is 16.2 Å². The average molecular weight is 368 g/mol. The van der Waals surface area contributed by atoms with E-state index in [9.17, 15) is 13.2 Å². The summed E-state index contributed by atoms with van der Waals surface area (Å²) in [5.41, 5.74) is 0.865. The molecule has 0 saturated heterocycles. The van der Waals surface area contributed by atoms with Crippen LogP contribution in [-0.2, 0) is 10.0 Å². The Labute approximate surface area is 151 Å². The molecular formula is C19H16N2O4S. The third kappa shape index (κ3) is 4.61. The van der Waals surface area contributed by atoms with Crippen LogP contribution in [0, 0.1) is 0 Å². The van der Waals surface area contributed by atoms with Gasteiger partial charge in [-0.3, -0.25) is 10.0 Å². The standard InChI is InChI=1S/C19H16N2O4S/c22-19(25-17-7-3-1-4-8-17)20-15-11-13-16(14-12-15)21-26(23,24)18-9-5-2-6-10-18/h1-14,21H,(H,20,22). The first-order valence-corrected chi connectivity index (χ1v) is 9.23. The lowest BCUT2D eigenvalue weighted by Gasteiger charge is -2.10. The number of ether oxygens (including phenoxy) is 1. The van der Waals surface area contributed by atoms with Gasteiger partial charge in [0.15, 0.2) is 0 Å². The zero-order chi connectivity index (χ0) is 18.4. The number of anilines is 2. The molecule has 0 atom stereocenters. The van der Waals surface area contributed by atoms with Crippen molar-refractivity contribution in [3.63, 3.8) is 0 Å². The quantitative estimate of drug-likeness (QED) is 0.710. The maximum atomic E-state index is 12.3. The lowest BCUT2D eigenvalue weighted by atomic mass is 10.3. The number of benzene rings is 3. The molecule has 26 heavy (non-hydrogen) atoms. The van der Waals surface area contributed by atoms with Gasteiger partial charge in [-0.25, -0.2) is 13.2 Å². The zero-order valence-corrected chi connectivity index (χ0v) is 14.4. The molecule has 0 bridgehead atoms. The molecule has 0 unspecified atom stereocenters. The predicted octanol–water partition coefficient (Wildman–Crippen LogP) is 4.10. The van der Waals surface area contributed by atoms with Gasteiger partial charge in [-0.15, -0.1) is 0 Å². The molecule has 0 saturated carbocycles. The van der Waals surface area contributed by atoms with E-state index in [1.807, 2.05) is 6.07 Å². The van der Waals surface area contributed by atoms with Gasteiger partial charge < -0.3 is 4.74 Å². The van der Waals surface area contributed by atoms with Crippen LogP contribution in [0.1, 0.15) is 0 Å². The second-order valence-electron chi connectivity index (χ2n) is 5.32. The van der Waals surface area contributed by atoms with E-state index in [1.54, 1.807) is 66.7 Å². The van der Waals surface area contributed by atoms with Crippen molar-refractivity contribution in [1.82, 2.24) is 0 Å². The van der Waals surface area contributed by atoms with Crippen LogP contribution >= 0.6 is 0 Å². The van der Waals surface area contributed by atoms with E-state index in [0.717, 1.165) is 0 Å². The maximum absolute atomic E-state index is 12.3. The fourth-order valence-electron chi connectivity index (χ4n) is 2.17. The van der Waals surface area contributed by atoms with Gasteiger partial charge in [-0.2, -0.15) is 0 Å². The molecule has 0 fully saturated rings. The Morgan fingerprint density at radius 1 is 0.731 bits per heavy atom. The summed E-state index contributed by atoms with van der Waals surface area (Å²) in [6.45, 7) is 0. The Balaban J connectivity index is 1.62. The number of nitrogens with one attached hydrogen (secondary N) is 2. The molecule has 0 heterocycles. The Kier molecular flexibility index (Phi) is 5.19. The highest BCUT2D eigenvalue weighted by Crippen LogP contribution is 2.18. The Morgan fingerprint density at radius 2 is 1.27 bits per heavy atom. The van der Waals surface area contributed by atoms with E-state index in [4.69, 9.17) is 4.74 Å². The normalized spacial score (nSPS) is 10.8. The number of rotatable bonds is 5. The number of para-hydroxylation sites is 1. The number of hydrogen-bond acceptors (Lipinski definition) is 4. The summed E-state index contributed by atoms with van der Waals surface area (Å²) in [5.74, 6) is 0.428. The van der Waals surface area contributed by atoms with Crippen LogP contribution in [0.5, 0.6) is 5.75 Å². The molecule has 0 aliphatic carbocycles. The molecule has 7 heteroatoms. The van der Waals surface area contributed by atoms with E-state index < -0.39 is 16.1 Å². The van der Waals surface area contributed by atoms with E-state index in [0.29, 0.717) is 17.1 Å². The highest BCUT2D eigenvalue weighted by Gasteiger charge is 2.13. The molecule has 0 spiro atoms. The molecule has 3 rings (SSSR count). The summed E-state index contributed by atoms with van der Waals surface area (Å²) >= 11 is 0. The molecule has 0 aromatic heterocycles. The van der Waals surface area contributed by atoms with Crippen LogP contribution in [0.3, 0.4) is 0 Å². The van der Waals surface area contributed by atoms with Crippen molar-refractivity contribution in [2.45, 2.75) is 4.90 Å². The molecule has 3 aromatic carbocycles. The highest BCUT2D eigenvalue weighted by atomic mass is 32.2. The maximum Gasteiger partial charge on any atom is 0.417 e. The van der Waals surface area contributed by atoms with Gasteiger partial charge in [-0.1, -0.05) is 36.4 Å². The van der Waals surface area contributed by atoms with Gasteiger partial charge in [0.2, 0.25) is 0 Å². The van der Waals surface area contributed by atoms with Gasteiger partial charge in [0.05, 0.1) is 4.90 Å². The van der Waals surface area contributed by atoms with E-state index in [-0.39, 0.29) is 4.90 Å². The number of sulfonamides is 1. The van der Waals surface area contributed by atoms with Crippen LogP contribution in [0.15, 0.2) is 89.8 Å². The first-order chi connectivity index (χ1) is 12.5. The summed E-state index contributed by atoms with van der Waals surface area (Å²) in [7, 11) is -3.65. The molecule has 3 aromatic rings. The summed E-state index contributed by atoms with van der Waals surface area (Å²) in [6, 6.07) is 23.0. The largest absolute Gasteiger partial charge is 0.417 e. The molecule has 0 aliphatic rings. The first kappa shape index (κ1) is 17.5. The lowest BCUT2D eigenvalue weighted by Crippen LogP contribution is -2.17. The Bertz CT molecular complexity index is 973. The first-order valence-electron chi connectivity index (χ1n) is 7.75. The Hall–Kier alpha value is -3.32. The summed E-state index contributed by atoms with van der Waals surface area (Å²) in [5, 5.41) is 2.57. The second-order valence-corrected chi connectivity index (χ2v) is 7.01. The van der Waals surface area contributed by atoms with Crippen molar-refractivity contribution in [3.05, 3.63) is 84.9 Å². The number of carbonyl (C=O) groups is 1. The monoisotopic (exact) mass is 368 g/mol. The van der Waals surface area contributed by atoms with Crippen molar-refractivity contribution in [2.24, 2.45) is 0 Å². The molecule has 132 valence electrons. The summed E-state index contributed by atoms with van der Waals surface area (Å²) in [4.78, 5) is 12.0. The molecule has 2 N–H and O–H groups in total. The van der Waals surface area contributed by atoms with Gasteiger partial charge in [0.1, 0.15) is 5.75 Å². The van der Waals surface area contributed by atoms with E-state index in [2.05, 4.69) is 10.0 Å². The third-order valence-electron chi connectivity index (χ3n) is 3.39. The highest BCUT2D eigenvalue weighted by molar-refractivity contribution is 7.92. The smallest absolute Gasteiger partial charge is 0.410 e. The van der Waals surface area contributed by atoms with Crippen LogP contribution < -0.4 is 14.8 Å². The SMILES string of the molecule is O=C(Nc1ccc(NS(=O)(=O)c2ccccc2)cc1)Oc1ccccc1. The van der Waals surface area contributed by atoms with Gasteiger partial charge in [-0.05, 0) is 48.5 Å². The number of hydrogen-bond donors (Lipinski definition) is 2. The molecule has 0 aliphatic heterocycles.